The van der Waals surface area contributed by atoms with Crippen molar-refractivity contribution in [3.05, 3.63) is 27.1 Å². The molecule has 0 aliphatic heterocycles. The van der Waals surface area contributed by atoms with Crippen molar-refractivity contribution in [1.82, 2.24) is 9.97 Å². The maximum atomic E-state index is 4.65. The number of aromatic nitrogens is 2. The SMILES string of the molecule is CCNc1nc(-c2cc(C)sc2C)nc(C)c1C. The first-order valence-corrected chi connectivity index (χ1v) is 7.01. The average molecular weight is 261 g/mol. The molecule has 0 aliphatic rings. The number of thiophene rings is 1. The smallest absolute Gasteiger partial charge is 0.162 e. The minimum Gasteiger partial charge on any atom is -0.370 e. The van der Waals surface area contributed by atoms with Gasteiger partial charge in [-0.05, 0) is 40.7 Å². The Kier molecular flexibility index (Phi) is 3.66. The molecule has 0 spiro atoms. The summed E-state index contributed by atoms with van der Waals surface area (Å²) in [6.45, 7) is 11.3. The van der Waals surface area contributed by atoms with Gasteiger partial charge in [-0.3, -0.25) is 0 Å². The number of rotatable bonds is 3. The lowest BCUT2D eigenvalue weighted by molar-refractivity contribution is 1.05. The third kappa shape index (κ3) is 2.38. The van der Waals surface area contributed by atoms with Gasteiger partial charge in [0.15, 0.2) is 5.82 Å². The number of aryl methyl sites for hydroxylation is 3. The topological polar surface area (TPSA) is 37.8 Å². The van der Waals surface area contributed by atoms with Gasteiger partial charge in [0.05, 0.1) is 0 Å². The number of hydrogen-bond donors (Lipinski definition) is 1. The van der Waals surface area contributed by atoms with Gasteiger partial charge < -0.3 is 5.32 Å². The van der Waals surface area contributed by atoms with Crippen LogP contribution >= 0.6 is 11.3 Å². The standard InChI is InChI=1S/C14H19N3S/c1-6-15-13-9(3)10(4)16-14(17-13)12-7-8(2)18-11(12)5/h7H,6H2,1-5H3,(H,15,16,17). The van der Waals surface area contributed by atoms with Crippen molar-refractivity contribution >= 4 is 17.2 Å². The Morgan fingerprint density at radius 2 is 1.89 bits per heavy atom. The number of anilines is 1. The van der Waals surface area contributed by atoms with Crippen molar-refractivity contribution in [3.8, 4) is 11.4 Å². The average Bonchev–Trinajstić information content (AvgIpc) is 2.64. The summed E-state index contributed by atoms with van der Waals surface area (Å²) in [6, 6.07) is 2.17. The summed E-state index contributed by atoms with van der Waals surface area (Å²) in [5.74, 6) is 1.78. The molecule has 0 saturated carbocycles. The minimum atomic E-state index is 0.830. The van der Waals surface area contributed by atoms with Crippen molar-refractivity contribution in [3.63, 3.8) is 0 Å². The molecule has 2 rings (SSSR count). The maximum absolute atomic E-state index is 4.65. The van der Waals surface area contributed by atoms with Crippen molar-refractivity contribution in [2.24, 2.45) is 0 Å². The highest BCUT2D eigenvalue weighted by atomic mass is 32.1. The van der Waals surface area contributed by atoms with Gasteiger partial charge in [0.2, 0.25) is 0 Å². The predicted octanol–water partition coefficient (Wildman–Crippen LogP) is 3.87. The van der Waals surface area contributed by atoms with Crippen LogP contribution in [-0.2, 0) is 0 Å². The van der Waals surface area contributed by atoms with E-state index in [1.807, 2.05) is 6.92 Å². The molecule has 1 N–H and O–H groups in total. The third-order valence-electron chi connectivity index (χ3n) is 3.02. The predicted molar refractivity (Wildman–Crippen MR) is 78.5 cm³/mol. The van der Waals surface area contributed by atoms with E-state index in [9.17, 15) is 0 Å². The Hall–Kier alpha value is -1.42. The Balaban J connectivity index is 2.55. The van der Waals surface area contributed by atoms with E-state index in [4.69, 9.17) is 0 Å². The molecule has 0 aliphatic carbocycles. The zero-order chi connectivity index (χ0) is 13.3. The van der Waals surface area contributed by atoms with Gasteiger partial charge in [0.1, 0.15) is 5.82 Å². The molecule has 0 unspecified atom stereocenters. The summed E-state index contributed by atoms with van der Waals surface area (Å²) in [7, 11) is 0. The summed E-state index contributed by atoms with van der Waals surface area (Å²) in [5.41, 5.74) is 3.32. The van der Waals surface area contributed by atoms with Crippen molar-refractivity contribution in [2.75, 3.05) is 11.9 Å². The number of hydrogen-bond acceptors (Lipinski definition) is 4. The number of nitrogens with one attached hydrogen (secondary N) is 1. The van der Waals surface area contributed by atoms with Gasteiger partial charge in [0.25, 0.3) is 0 Å². The Bertz CT molecular complexity index is 573. The minimum absolute atomic E-state index is 0.830. The fraction of sp³-hybridized carbons (Fsp3) is 0.429. The fourth-order valence-electron chi connectivity index (χ4n) is 1.94. The molecule has 2 aromatic heterocycles. The second kappa shape index (κ2) is 5.06. The van der Waals surface area contributed by atoms with Gasteiger partial charge in [0, 0.05) is 33.1 Å². The largest absolute Gasteiger partial charge is 0.370 e. The highest BCUT2D eigenvalue weighted by Crippen LogP contribution is 2.30. The molecule has 18 heavy (non-hydrogen) atoms. The summed E-state index contributed by atoms with van der Waals surface area (Å²) in [4.78, 5) is 11.8. The highest BCUT2D eigenvalue weighted by molar-refractivity contribution is 7.12. The monoisotopic (exact) mass is 261 g/mol. The Morgan fingerprint density at radius 1 is 1.17 bits per heavy atom. The molecular formula is C14H19N3S. The zero-order valence-electron chi connectivity index (χ0n) is 11.6. The molecule has 0 atom stereocenters. The van der Waals surface area contributed by atoms with Gasteiger partial charge in [-0.25, -0.2) is 9.97 Å². The lowest BCUT2D eigenvalue weighted by atomic mass is 10.2. The van der Waals surface area contributed by atoms with Crippen LogP contribution in [0.4, 0.5) is 5.82 Å². The molecule has 96 valence electrons. The quantitative estimate of drug-likeness (QED) is 0.911. The van der Waals surface area contributed by atoms with Crippen LogP contribution in [0.2, 0.25) is 0 Å². The zero-order valence-corrected chi connectivity index (χ0v) is 12.4. The molecule has 4 heteroatoms. The van der Waals surface area contributed by atoms with Gasteiger partial charge >= 0.3 is 0 Å². The van der Waals surface area contributed by atoms with Gasteiger partial charge in [-0.15, -0.1) is 11.3 Å². The van der Waals surface area contributed by atoms with E-state index >= 15 is 0 Å². The molecule has 3 nitrogen and oxygen atoms in total. The van der Waals surface area contributed by atoms with Gasteiger partial charge in [-0.2, -0.15) is 0 Å². The second-order valence-corrected chi connectivity index (χ2v) is 5.92. The van der Waals surface area contributed by atoms with Gasteiger partial charge in [-0.1, -0.05) is 0 Å². The summed E-state index contributed by atoms with van der Waals surface area (Å²) < 4.78 is 0. The van der Waals surface area contributed by atoms with Crippen LogP contribution in [0.1, 0.15) is 27.9 Å². The van der Waals surface area contributed by atoms with Crippen molar-refractivity contribution < 1.29 is 0 Å². The molecule has 0 amide bonds. The molecule has 0 saturated heterocycles. The van der Waals surface area contributed by atoms with E-state index in [-0.39, 0.29) is 0 Å². The van der Waals surface area contributed by atoms with Crippen LogP contribution in [0.5, 0.6) is 0 Å². The van der Waals surface area contributed by atoms with E-state index < -0.39 is 0 Å². The molecule has 2 heterocycles. The van der Waals surface area contributed by atoms with E-state index in [1.54, 1.807) is 11.3 Å². The molecule has 2 aromatic rings. The molecule has 0 radical (unpaired) electrons. The van der Waals surface area contributed by atoms with Crippen molar-refractivity contribution in [1.29, 1.82) is 0 Å². The van der Waals surface area contributed by atoms with E-state index in [0.717, 1.165) is 35.0 Å². The third-order valence-corrected chi connectivity index (χ3v) is 3.98. The summed E-state index contributed by atoms with van der Waals surface area (Å²) >= 11 is 1.79. The number of nitrogens with zero attached hydrogens (tertiary/aromatic N) is 2. The lowest BCUT2D eigenvalue weighted by Gasteiger charge is -2.10. The van der Waals surface area contributed by atoms with Crippen LogP contribution in [0, 0.1) is 27.7 Å². The van der Waals surface area contributed by atoms with E-state index in [2.05, 4.69) is 49.0 Å². The first-order chi connectivity index (χ1) is 8.52. The first kappa shape index (κ1) is 13.0. The maximum Gasteiger partial charge on any atom is 0.162 e. The molecular weight excluding hydrogens is 242 g/mol. The Morgan fingerprint density at radius 3 is 2.44 bits per heavy atom. The summed E-state index contributed by atoms with van der Waals surface area (Å²) in [6.07, 6.45) is 0. The second-order valence-electron chi connectivity index (χ2n) is 4.46. The lowest BCUT2D eigenvalue weighted by Crippen LogP contribution is -2.06. The molecule has 0 fully saturated rings. The van der Waals surface area contributed by atoms with Crippen LogP contribution in [0.25, 0.3) is 11.4 Å². The molecule has 0 bridgehead atoms. The van der Waals surface area contributed by atoms with Crippen LogP contribution in [0.15, 0.2) is 6.07 Å². The normalized spacial score (nSPS) is 10.7. The van der Waals surface area contributed by atoms with Crippen LogP contribution < -0.4 is 5.32 Å². The van der Waals surface area contributed by atoms with E-state index in [1.165, 1.54) is 9.75 Å². The Labute approximate surface area is 112 Å². The molecule has 0 aromatic carbocycles. The van der Waals surface area contributed by atoms with Crippen LogP contribution in [-0.4, -0.2) is 16.5 Å². The highest BCUT2D eigenvalue weighted by Gasteiger charge is 2.12. The summed E-state index contributed by atoms with van der Waals surface area (Å²) in [5, 5.41) is 3.31. The van der Waals surface area contributed by atoms with E-state index in [0.29, 0.717) is 0 Å². The first-order valence-electron chi connectivity index (χ1n) is 6.19. The van der Waals surface area contributed by atoms with Crippen LogP contribution in [0.3, 0.4) is 0 Å². The fourth-order valence-corrected chi connectivity index (χ4v) is 2.86. The van der Waals surface area contributed by atoms with Crippen molar-refractivity contribution in [2.45, 2.75) is 34.6 Å².